The number of carbonyl (C=O) groups excluding carboxylic acids is 1. The van der Waals surface area contributed by atoms with E-state index in [2.05, 4.69) is 9.97 Å². The number of benzene rings is 1. The highest BCUT2D eigenvalue weighted by atomic mass is 16.5. The molecule has 0 aliphatic carbocycles. The van der Waals surface area contributed by atoms with Crippen molar-refractivity contribution in [1.29, 1.82) is 0 Å². The lowest BCUT2D eigenvalue weighted by Crippen LogP contribution is -2.32. The highest BCUT2D eigenvalue weighted by Crippen LogP contribution is 2.20. The summed E-state index contributed by atoms with van der Waals surface area (Å²) in [5.74, 6) is 0.600. The lowest BCUT2D eigenvalue weighted by molar-refractivity contribution is 0.0674. The fourth-order valence-electron chi connectivity index (χ4n) is 2.31. The van der Waals surface area contributed by atoms with E-state index in [1.807, 2.05) is 6.92 Å². The number of amides is 1. The number of H-pyrrole nitrogens is 1. The molecule has 0 spiro atoms. The van der Waals surface area contributed by atoms with Crippen LogP contribution in [0, 0.1) is 6.92 Å². The summed E-state index contributed by atoms with van der Waals surface area (Å²) in [7, 11) is 1.55. The number of hydrogen-bond acceptors (Lipinski definition) is 5. The second-order valence-corrected chi connectivity index (χ2v) is 5.42. The Morgan fingerprint density at radius 1 is 1.42 bits per heavy atom. The van der Waals surface area contributed by atoms with Gasteiger partial charge in [-0.15, -0.1) is 0 Å². The number of aliphatic hydroxyl groups excluding tert-OH is 1. The van der Waals surface area contributed by atoms with Gasteiger partial charge >= 0.3 is 0 Å². The molecule has 1 aromatic carbocycles. The zero-order valence-corrected chi connectivity index (χ0v) is 13.9. The van der Waals surface area contributed by atoms with Crippen molar-refractivity contribution < 1.29 is 14.6 Å². The summed E-state index contributed by atoms with van der Waals surface area (Å²) in [6.45, 7) is 4.09. The molecule has 1 amide bonds. The average Bonchev–Trinajstić information content (AvgIpc) is 2.53. The molecule has 2 rings (SSSR count). The van der Waals surface area contributed by atoms with Crippen LogP contribution in [0.5, 0.6) is 5.75 Å². The third-order valence-electron chi connectivity index (χ3n) is 3.43. The zero-order chi connectivity index (χ0) is 17.7. The van der Waals surface area contributed by atoms with Gasteiger partial charge in [0.1, 0.15) is 17.3 Å². The number of carbonyl (C=O) groups is 1. The molecule has 1 unspecified atom stereocenters. The molecule has 128 valence electrons. The topological polar surface area (TPSA) is 95.5 Å². The Bertz CT molecular complexity index is 772. The number of aromatic amines is 1. The summed E-state index contributed by atoms with van der Waals surface area (Å²) in [5, 5.41) is 10.4. The molecule has 0 saturated heterocycles. The molecule has 2 aromatic rings. The number of aromatic nitrogens is 2. The maximum Gasteiger partial charge on any atom is 0.272 e. The molecular weight excluding hydrogens is 310 g/mol. The molecule has 7 heteroatoms. The second-order valence-electron chi connectivity index (χ2n) is 5.42. The summed E-state index contributed by atoms with van der Waals surface area (Å²) in [5.41, 5.74) is 0.314. The Balaban J connectivity index is 2.10. The fourth-order valence-corrected chi connectivity index (χ4v) is 2.31. The third kappa shape index (κ3) is 4.42. The van der Waals surface area contributed by atoms with Gasteiger partial charge in [0, 0.05) is 13.1 Å². The van der Waals surface area contributed by atoms with Crippen molar-refractivity contribution in [2.45, 2.75) is 20.0 Å². The van der Waals surface area contributed by atoms with Crippen molar-refractivity contribution in [2.75, 3.05) is 20.2 Å². The molecule has 7 nitrogen and oxygen atoms in total. The van der Waals surface area contributed by atoms with Gasteiger partial charge < -0.3 is 19.7 Å². The van der Waals surface area contributed by atoms with Crippen LogP contribution in [0.4, 0.5) is 0 Å². The molecule has 1 aromatic heterocycles. The number of likely N-dealkylation sites (N-methyl/N-ethyl adjacent to an activating group) is 1. The van der Waals surface area contributed by atoms with Gasteiger partial charge in [-0.2, -0.15) is 0 Å². The van der Waals surface area contributed by atoms with E-state index in [0.717, 1.165) is 6.07 Å². The van der Waals surface area contributed by atoms with Gasteiger partial charge in [-0.25, -0.2) is 4.98 Å². The lowest BCUT2D eigenvalue weighted by Gasteiger charge is -2.21. The van der Waals surface area contributed by atoms with Gasteiger partial charge in [-0.3, -0.25) is 9.59 Å². The van der Waals surface area contributed by atoms with E-state index < -0.39 is 12.0 Å². The molecule has 0 saturated carbocycles. The molecule has 0 radical (unpaired) electrons. The van der Waals surface area contributed by atoms with Gasteiger partial charge in [0.15, 0.2) is 0 Å². The van der Waals surface area contributed by atoms with Gasteiger partial charge in [-0.1, -0.05) is 12.1 Å². The van der Waals surface area contributed by atoms with Crippen LogP contribution in [-0.4, -0.2) is 46.1 Å². The SMILES string of the molecule is CCOc1cccc(C(O)CN(C)C(=O)c2cc(=O)[nH]c(C)n2)c1. The maximum absolute atomic E-state index is 12.4. The molecule has 2 N–H and O–H groups in total. The monoisotopic (exact) mass is 331 g/mol. The molecular formula is C17H21N3O4. The van der Waals surface area contributed by atoms with Crippen LogP contribution < -0.4 is 10.3 Å². The van der Waals surface area contributed by atoms with Crippen LogP contribution >= 0.6 is 0 Å². The number of rotatable bonds is 6. The molecule has 24 heavy (non-hydrogen) atoms. The van der Waals surface area contributed by atoms with E-state index in [-0.39, 0.29) is 17.8 Å². The quantitative estimate of drug-likeness (QED) is 0.831. The molecule has 0 fully saturated rings. The summed E-state index contributed by atoms with van der Waals surface area (Å²) < 4.78 is 5.40. The Morgan fingerprint density at radius 3 is 2.83 bits per heavy atom. The van der Waals surface area contributed by atoms with Crippen molar-refractivity contribution >= 4 is 5.91 Å². The molecule has 0 aliphatic rings. The summed E-state index contributed by atoms with van der Waals surface area (Å²) in [6.07, 6.45) is -0.873. The first-order valence-corrected chi connectivity index (χ1v) is 7.65. The fraction of sp³-hybridized carbons (Fsp3) is 0.353. The Kier molecular flexibility index (Phi) is 5.70. The first kappa shape index (κ1) is 17.7. The molecule has 0 aliphatic heterocycles. The molecule has 1 heterocycles. The highest BCUT2D eigenvalue weighted by molar-refractivity contribution is 5.92. The van der Waals surface area contributed by atoms with Crippen LogP contribution in [0.3, 0.4) is 0 Å². The largest absolute Gasteiger partial charge is 0.494 e. The first-order valence-electron chi connectivity index (χ1n) is 7.65. The van der Waals surface area contributed by atoms with Crippen LogP contribution in [0.2, 0.25) is 0 Å². The summed E-state index contributed by atoms with van der Waals surface area (Å²) >= 11 is 0. The number of nitrogens with one attached hydrogen (secondary N) is 1. The van der Waals surface area contributed by atoms with Gasteiger partial charge in [0.2, 0.25) is 0 Å². The van der Waals surface area contributed by atoms with Gasteiger partial charge in [0.25, 0.3) is 11.5 Å². The molecule has 0 bridgehead atoms. The third-order valence-corrected chi connectivity index (χ3v) is 3.43. The van der Waals surface area contributed by atoms with E-state index in [4.69, 9.17) is 4.74 Å². The zero-order valence-electron chi connectivity index (χ0n) is 13.9. The minimum atomic E-state index is -0.873. The van der Waals surface area contributed by atoms with E-state index in [0.29, 0.717) is 23.7 Å². The number of ether oxygens (including phenoxy) is 1. The Labute approximate surface area is 139 Å². The van der Waals surface area contributed by atoms with Crippen molar-refractivity contribution in [1.82, 2.24) is 14.9 Å². The smallest absolute Gasteiger partial charge is 0.272 e. The number of aliphatic hydroxyl groups is 1. The van der Waals surface area contributed by atoms with Crippen molar-refractivity contribution in [3.63, 3.8) is 0 Å². The summed E-state index contributed by atoms with van der Waals surface area (Å²) in [6, 6.07) is 8.24. The minimum Gasteiger partial charge on any atom is -0.494 e. The predicted molar refractivity (Wildman–Crippen MR) is 89.1 cm³/mol. The van der Waals surface area contributed by atoms with Gasteiger partial charge in [0.05, 0.1) is 19.3 Å². The minimum absolute atomic E-state index is 0.0500. The normalized spacial score (nSPS) is 11.8. The lowest BCUT2D eigenvalue weighted by atomic mass is 10.1. The van der Waals surface area contributed by atoms with E-state index in [1.165, 1.54) is 4.90 Å². The van der Waals surface area contributed by atoms with Crippen molar-refractivity contribution in [2.24, 2.45) is 0 Å². The number of nitrogens with zero attached hydrogens (tertiary/aromatic N) is 2. The Hall–Kier alpha value is -2.67. The van der Waals surface area contributed by atoms with Crippen molar-refractivity contribution in [3.8, 4) is 5.75 Å². The van der Waals surface area contributed by atoms with Crippen LogP contribution in [0.1, 0.15) is 34.9 Å². The summed E-state index contributed by atoms with van der Waals surface area (Å²) in [4.78, 5) is 31.7. The van der Waals surface area contributed by atoms with E-state index in [1.54, 1.807) is 38.2 Å². The first-order chi connectivity index (χ1) is 11.4. The Morgan fingerprint density at radius 2 is 2.17 bits per heavy atom. The average molecular weight is 331 g/mol. The van der Waals surface area contributed by atoms with E-state index >= 15 is 0 Å². The van der Waals surface area contributed by atoms with Crippen LogP contribution in [0.25, 0.3) is 0 Å². The number of aryl methyl sites for hydroxylation is 1. The number of hydrogen-bond donors (Lipinski definition) is 2. The predicted octanol–water partition coefficient (Wildman–Crippen LogP) is 1.28. The van der Waals surface area contributed by atoms with Crippen LogP contribution in [-0.2, 0) is 0 Å². The molecule has 1 atom stereocenters. The van der Waals surface area contributed by atoms with E-state index in [9.17, 15) is 14.7 Å². The van der Waals surface area contributed by atoms with Crippen molar-refractivity contribution in [3.05, 3.63) is 57.8 Å². The standard InChI is InChI=1S/C17H21N3O4/c1-4-24-13-7-5-6-12(8-13)15(21)10-20(3)17(23)14-9-16(22)19-11(2)18-14/h5-9,15,21H,4,10H2,1-3H3,(H,18,19,22). The van der Waals surface area contributed by atoms with Gasteiger partial charge in [-0.05, 0) is 31.5 Å². The maximum atomic E-state index is 12.4. The second kappa shape index (κ2) is 7.74. The van der Waals surface area contributed by atoms with Crippen LogP contribution in [0.15, 0.2) is 35.1 Å². The highest BCUT2D eigenvalue weighted by Gasteiger charge is 2.19.